The number of carbonyl (C=O) groups excluding carboxylic acids is 1. The number of nitrogens with one attached hydrogen (secondary N) is 1. The van der Waals surface area contributed by atoms with Gasteiger partial charge in [-0.3, -0.25) is 0 Å². The van der Waals surface area contributed by atoms with Crippen molar-refractivity contribution in [2.24, 2.45) is 0 Å². The summed E-state index contributed by atoms with van der Waals surface area (Å²) >= 11 is 5.95. The highest BCUT2D eigenvalue weighted by Gasteiger charge is 2.27. The molecule has 1 aliphatic rings. The van der Waals surface area contributed by atoms with Gasteiger partial charge in [0.2, 0.25) is 0 Å². The number of aliphatic hydroxyl groups excluding tert-OH is 1. The maximum atomic E-state index is 12.2. The lowest BCUT2D eigenvalue weighted by Gasteiger charge is -2.34. The Labute approximate surface area is 126 Å². The summed E-state index contributed by atoms with van der Waals surface area (Å²) in [7, 11) is 0. The van der Waals surface area contributed by atoms with Crippen LogP contribution in [0.5, 0.6) is 0 Å². The van der Waals surface area contributed by atoms with E-state index in [4.69, 9.17) is 21.4 Å². The average molecular weight is 315 g/mol. The average Bonchev–Trinajstić information content (AvgIpc) is 2.49. The molecule has 1 unspecified atom stereocenters. The predicted octanol–water partition coefficient (Wildman–Crippen LogP) is 1.26. The number of aliphatic hydroxyl groups is 1. The molecule has 8 heteroatoms. The first-order chi connectivity index (χ1) is 10.0. The molecule has 0 bridgehead atoms. The van der Waals surface area contributed by atoms with Crippen LogP contribution in [-0.2, 0) is 4.74 Å². The minimum absolute atomic E-state index is 0.0235. The van der Waals surface area contributed by atoms with E-state index in [0.717, 1.165) is 0 Å². The molecule has 0 radical (unpaired) electrons. The number of ether oxygens (including phenoxy) is 1. The maximum absolute atomic E-state index is 12.2. The first-order valence-electron chi connectivity index (χ1n) is 6.32. The number of carboxylic acids is 1. The molecule has 1 fully saturated rings. The van der Waals surface area contributed by atoms with Crippen LogP contribution in [0.3, 0.4) is 0 Å². The van der Waals surface area contributed by atoms with Crippen molar-refractivity contribution in [3.05, 3.63) is 28.8 Å². The van der Waals surface area contributed by atoms with Gasteiger partial charge in [-0.2, -0.15) is 0 Å². The van der Waals surface area contributed by atoms with E-state index in [1.807, 2.05) is 0 Å². The third kappa shape index (κ3) is 3.63. The summed E-state index contributed by atoms with van der Waals surface area (Å²) in [5.74, 6) is -1.11. The Balaban J connectivity index is 2.15. The molecule has 7 nitrogen and oxygen atoms in total. The fourth-order valence-electron chi connectivity index (χ4n) is 2.01. The molecule has 114 valence electrons. The molecule has 3 N–H and O–H groups in total. The van der Waals surface area contributed by atoms with Crippen LogP contribution in [0.15, 0.2) is 18.2 Å². The van der Waals surface area contributed by atoms with Gasteiger partial charge < -0.3 is 25.2 Å². The highest BCUT2D eigenvalue weighted by Crippen LogP contribution is 2.24. The molecular weight excluding hydrogens is 300 g/mol. The van der Waals surface area contributed by atoms with Crippen LogP contribution >= 0.6 is 11.6 Å². The highest BCUT2D eigenvalue weighted by molar-refractivity contribution is 6.33. The number of urea groups is 1. The van der Waals surface area contributed by atoms with E-state index in [-0.39, 0.29) is 29.5 Å². The second-order valence-corrected chi connectivity index (χ2v) is 4.94. The quantitative estimate of drug-likeness (QED) is 0.780. The van der Waals surface area contributed by atoms with Gasteiger partial charge in [0, 0.05) is 6.54 Å². The molecule has 0 saturated carbocycles. The van der Waals surface area contributed by atoms with E-state index in [2.05, 4.69) is 5.32 Å². The zero-order chi connectivity index (χ0) is 15.4. The van der Waals surface area contributed by atoms with Gasteiger partial charge in [-0.25, -0.2) is 9.59 Å². The first-order valence-corrected chi connectivity index (χ1v) is 6.69. The molecule has 1 saturated heterocycles. The Morgan fingerprint density at radius 3 is 2.90 bits per heavy atom. The Hall–Kier alpha value is -1.83. The van der Waals surface area contributed by atoms with Gasteiger partial charge in [0.15, 0.2) is 0 Å². The molecule has 0 aliphatic carbocycles. The SMILES string of the molecule is O=C(O)c1ccc(Cl)c(NC(=O)N2CCOCC2CO)c1. The summed E-state index contributed by atoms with van der Waals surface area (Å²) in [4.78, 5) is 24.6. The molecule has 1 aromatic rings. The van der Waals surface area contributed by atoms with Gasteiger partial charge in [0.25, 0.3) is 0 Å². The number of benzene rings is 1. The molecule has 0 spiro atoms. The van der Waals surface area contributed by atoms with E-state index >= 15 is 0 Å². The Morgan fingerprint density at radius 1 is 1.48 bits per heavy atom. The summed E-state index contributed by atoms with van der Waals surface area (Å²) in [6, 6.07) is 3.16. The number of anilines is 1. The largest absolute Gasteiger partial charge is 0.478 e. The summed E-state index contributed by atoms with van der Waals surface area (Å²) < 4.78 is 5.19. The standard InChI is InChI=1S/C13H15ClN2O5/c14-10-2-1-8(12(18)19)5-11(10)15-13(20)16-3-4-21-7-9(16)6-17/h1-2,5,9,17H,3-4,6-7H2,(H,15,20)(H,18,19). The van der Waals surface area contributed by atoms with Gasteiger partial charge in [0.1, 0.15) is 0 Å². The molecule has 1 aromatic carbocycles. The number of halogens is 1. The second-order valence-electron chi connectivity index (χ2n) is 4.53. The van der Waals surface area contributed by atoms with E-state index in [9.17, 15) is 14.7 Å². The van der Waals surface area contributed by atoms with Crippen molar-refractivity contribution in [3.63, 3.8) is 0 Å². The third-order valence-electron chi connectivity index (χ3n) is 3.15. The monoisotopic (exact) mass is 314 g/mol. The van der Waals surface area contributed by atoms with Crippen molar-refractivity contribution in [2.45, 2.75) is 6.04 Å². The van der Waals surface area contributed by atoms with Crippen LogP contribution in [0.2, 0.25) is 5.02 Å². The molecule has 0 aromatic heterocycles. The maximum Gasteiger partial charge on any atom is 0.335 e. The van der Waals surface area contributed by atoms with Crippen molar-refractivity contribution >= 4 is 29.3 Å². The molecule has 1 aliphatic heterocycles. The van der Waals surface area contributed by atoms with Crippen LogP contribution in [-0.4, -0.2) is 59.5 Å². The number of carbonyl (C=O) groups is 2. The van der Waals surface area contributed by atoms with E-state index in [0.29, 0.717) is 13.2 Å². The number of rotatable bonds is 3. The number of amides is 2. The number of aromatic carboxylic acids is 1. The zero-order valence-electron chi connectivity index (χ0n) is 11.1. The van der Waals surface area contributed by atoms with Crippen molar-refractivity contribution < 1.29 is 24.5 Å². The van der Waals surface area contributed by atoms with Crippen LogP contribution in [0.1, 0.15) is 10.4 Å². The van der Waals surface area contributed by atoms with Gasteiger partial charge in [-0.05, 0) is 18.2 Å². The van der Waals surface area contributed by atoms with Crippen molar-refractivity contribution in [2.75, 3.05) is 31.7 Å². The molecule has 2 rings (SSSR count). The van der Waals surface area contributed by atoms with Gasteiger partial charge in [-0.15, -0.1) is 0 Å². The topological polar surface area (TPSA) is 99.1 Å². The smallest absolute Gasteiger partial charge is 0.335 e. The minimum atomic E-state index is -1.11. The number of carboxylic acid groups (broad SMARTS) is 1. The van der Waals surface area contributed by atoms with Gasteiger partial charge in [0.05, 0.1) is 42.1 Å². The van der Waals surface area contributed by atoms with E-state index < -0.39 is 18.0 Å². The summed E-state index contributed by atoms with van der Waals surface area (Å²) in [6.45, 7) is 0.767. The zero-order valence-corrected chi connectivity index (χ0v) is 11.8. The lowest BCUT2D eigenvalue weighted by molar-refractivity contribution is -0.00485. The Bertz CT molecular complexity index is 551. The molecule has 1 heterocycles. The van der Waals surface area contributed by atoms with Crippen LogP contribution in [0, 0.1) is 0 Å². The fraction of sp³-hybridized carbons (Fsp3) is 0.385. The molecule has 2 amide bonds. The number of nitrogens with zero attached hydrogens (tertiary/aromatic N) is 1. The lowest BCUT2D eigenvalue weighted by Crippen LogP contribution is -2.52. The molecule has 21 heavy (non-hydrogen) atoms. The van der Waals surface area contributed by atoms with Gasteiger partial charge in [-0.1, -0.05) is 11.6 Å². The van der Waals surface area contributed by atoms with Crippen LogP contribution in [0.4, 0.5) is 10.5 Å². The lowest BCUT2D eigenvalue weighted by atomic mass is 10.2. The van der Waals surface area contributed by atoms with Crippen molar-refractivity contribution in [1.29, 1.82) is 0 Å². The van der Waals surface area contributed by atoms with Crippen LogP contribution in [0.25, 0.3) is 0 Å². The molecule has 1 atom stereocenters. The fourth-order valence-corrected chi connectivity index (χ4v) is 2.18. The minimum Gasteiger partial charge on any atom is -0.478 e. The summed E-state index contributed by atoms with van der Waals surface area (Å²) in [5.41, 5.74) is 0.236. The van der Waals surface area contributed by atoms with Crippen molar-refractivity contribution in [1.82, 2.24) is 4.90 Å². The summed E-state index contributed by atoms with van der Waals surface area (Å²) in [6.07, 6.45) is 0. The second kappa shape index (κ2) is 6.75. The Kier molecular flexibility index (Phi) is 5.00. The molecular formula is C13H15ClN2O5. The van der Waals surface area contributed by atoms with Gasteiger partial charge >= 0.3 is 12.0 Å². The normalized spacial score (nSPS) is 18.4. The highest BCUT2D eigenvalue weighted by atomic mass is 35.5. The number of hydrogen-bond donors (Lipinski definition) is 3. The first kappa shape index (κ1) is 15.6. The van der Waals surface area contributed by atoms with E-state index in [1.54, 1.807) is 0 Å². The Morgan fingerprint density at radius 2 is 2.24 bits per heavy atom. The number of hydrogen-bond acceptors (Lipinski definition) is 4. The van der Waals surface area contributed by atoms with Crippen LogP contribution < -0.4 is 5.32 Å². The summed E-state index contributed by atoms with van der Waals surface area (Å²) in [5, 5.41) is 21.0. The van der Waals surface area contributed by atoms with E-state index in [1.165, 1.54) is 23.1 Å². The predicted molar refractivity (Wildman–Crippen MR) is 75.8 cm³/mol. The van der Waals surface area contributed by atoms with Crippen molar-refractivity contribution in [3.8, 4) is 0 Å². The number of morpholine rings is 1. The third-order valence-corrected chi connectivity index (χ3v) is 3.48.